The fourth-order valence-electron chi connectivity index (χ4n) is 1.68. The molecular formula is C17H16Ru. The van der Waals surface area contributed by atoms with Crippen molar-refractivity contribution in [2.45, 2.75) is 6.42 Å². The van der Waals surface area contributed by atoms with Crippen LogP contribution in [0.15, 0.2) is 84.9 Å². The van der Waals surface area contributed by atoms with Crippen molar-refractivity contribution in [2.75, 3.05) is 0 Å². The molecule has 0 radical (unpaired) electrons. The van der Waals surface area contributed by atoms with E-state index in [1.54, 1.807) is 0 Å². The van der Waals surface area contributed by atoms with Gasteiger partial charge in [0.15, 0.2) is 0 Å². The van der Waals surface area contributed by atoms with Crippen molar-refractivity contribution in [3.8, 4) is 0 Å². The van der Waals surface area contributed by atoms with Crippen LogP contribution in [0, 0.1) is 0 Å². The maximum Gasteiger partial charge on any atom is 2.00 e. The Morgan fingerprint density at radius 2 is 1.39 bits per heavy atom. The molecule has 0 unspecified atom stereocenters. The molecule has 0 heterocycles. The first-order valence-electron chi connectivity index (χ1n) is 5.86. The molecule has 3 aromatic rings. The van der Waals surface area contributed by atoms with Crippen molar-refractivity contribution >= 4 is 0 Å². The summed E-state index contributed by atoms with van der Waals surface area (Å²) < 4.78 is 0. The number of rotatable bonds is 2. The summed E-state index contributed by atoms with van der Waals surface area (Å²) in [5.74, 6) is 0. The van der Waals surface area contributed by atoms with Gasteiger partial charge in [-0.05, 0) is 6.42 Å². The molecule has 0 saturated carbocycles. The van der Waals surface area contributed by atoms with Crippen LogP contribution in [0.4, 0.5) is 0 Å². The summed E-state index contributed by atoms with van der Waals surface area (Å²) in [4.78, 5) is 0. The summed E-state index contributed by atoms with van der Waals surface area (Å²) in [5.41, 5.74) is 2.77. The Labute approximate surface area is 122 Å². The van der Waals surface area contributed by atoms with E-state index in [0.717, 1.165) is 6.42 Å². The molecule has 0 aliphatic carbocycles. The quantitative estimate of drug-likeness (QED) is 0.485. The van der Waals surface area contributed by atoms with Gasteiger partial charge in [0, 0.05) is 0 Å². The van der Waals surface area contributed by atoms with Gasteiger partial charge < -0.3 is 0 Å². The molecule has 0 aromatic heterocycles. The molecule has 0 aliphatic heterocycles. The Hall–Kier alpha value is -1.46. The van der Waals surface area contributed by atoms with Gasteiger partial charge in [-0.1, -0.05) is 35.9 Å². The Balaban J connectivity index is 0.000000230. The summed E-state index contributed by atoms with van der Waals surface area (Å²) in [6.45, 7) is 0. The molecule has 0 aliphatic rings. The normalized spacial score (nSPS) is 8.89. The fraction of sp³-hybridized carbons (Fsp3) is 0.0588. The summed E-state index contributed by atoms with van der Waals surface area (Å²) in [5, 5.41) is 0. The average molecular weight is 321 g/mol. The predicted molar refractivity (Wildman–Crippen MR) is 73.3 cm³/mol. The second-order valence-electron chi connectivity index (χ2n) is 3.92. The minimum absolute atomic E-state index is 0. The standard InChI is InChI=1S/C12H11.C5H5.Ru/c1-2-6-11(7-3-1)10-12-8-4-5-9-12;1-2-4-5-3-1;/h1-9H,10H2;1-5H;/q2*-1;+2. The third-order valence-corrected chi connectivity index (χ3v) is 2.54. The van der Waals surface area contributed by atoms with E-state index in [9.17, 15) is 0 Å². The summed E-state index contributed by atoms with van der Waals surface area (Å²) in [6, 6.07) is 29.0. The van der Waals surface area contributed by atoms with Crippen LogP contribution >= 0.6 is 0 Å². The van der Waals surface area contributed by atoms with Crippen LogP contribution in [0.1, 0.15) is 11.1 Å². The fourth-order valence-corrected chi connectivity index (χ4v) is 1.68. The van der Waals surface area contributed by atoms with Gasteiger partial charge in [0.1, 0.15) is 0 Å². The van der Waals surface area contributed by atoms with E-state index in [2.05, 4.69) is 54.6 Å². The van der Waals surface area contributed by atoms with Crippen molar-refractivity contribution in [1.29, 1.82) is 0 Å². The number of benzene rings is 1. The molecule has 0 nitrogen and oxygen atoms in total. The van der Waals surface area contributed by atoms with Crippen LogP contribution in [-0.4, -0.2) is 0 Å². The van der Waals surface area contributed by atoms with Gasteiger partial charge in [-0.3, -0.25) is 0 Å². The Kier molecular flexibility index (Phi) is 6.98. The first-order chi connectivity index (χ1) is 8.45. The van der Waals surface area contributed by atoms with E-state index < -0.39 is 0 Å². The van der Waals surface area contributed by atoms with Crippen LogP contribution < -0.4 is 0 Å². The monoisotopic (exact) mass is 322 g/mol. The maximum absolute atomic E-state index is 2.16. The predicted octanol–water partition coefficient (Wildman–Crippen LogP) is 4.40. The van der Waals surface area contributed by atoms with Crippen molar-refractivity contribution < 1.29 is 19.5 Å². The largest absolute Gasteiger partial charge is 2.00 e. The summed E-state index contributed by atoms with van der Waals surface area (Å²) in [7, 11) is 0. The molecule has 3 rings (SSSR count). The minimum atomic E-state index is 0. The van der Waals surface area contributed by atoms with Gasteiger partial charge in [0.25, 0.3) is 0 Å². The summed E-state index contributed by atoms with van der Waals surface area (Å²) >= 11 is 0. The first kappa shape index (κ1) is 14.6. The third-order valence-electron chi connectivity index (χ3n) is 2.54. The zero-order chi connectivity index (χ0) is 11.8. The Morgan fingerprint density at radius 1 is 0.778 bits per heavy atom. The smallest absolute Gasteiger partial charge is 0.214 e. The van der Waals surface area contributed by atoms with Gasteiger partial charge in [0.05, 0.1) is 0 Å². The average Bonchev–Trinajstić information content (AvgIpc) is 3.06. The van der Waals surface area contributed by atoms with E-state index in [4.69, 9.17) is 0 Å². The molecule has 0 amide bonds. The molecule has 3 aromatic carbocycles. The molecule has 0 fully saturated rings. The second-order valence-corrected chi connectivity index (χ2v) is 3.92. The van der Waals surface area contributed by atoms with Gasteiger partial charge in [-0.15, -0.1) is 0 Å². The van der Waals surface area contributed by atoms with E-state index in [0.29, 0.717) is 0 Å². The van der Waals surface area contributed by atoms with Crippen LogP contribution in [0.2, 0.25) is 0 Å². The summed E-state index contributed by atoms with van der Waals surface area (Å²) in [6.07, 6.45) is 1.05. The molecule has 92 valence electrons. The molecular weight excluding hydrogens is 305 g/mol. The Morgan fingerprint density at radius 3 is 1.89 bits per heavy atom. The number of hydrogen-bond donors (Lipinski definition) is 0. The molecule has 0 atom stereocenters. The maximum atomic E-state index is 2.16. The number of hydrogen-bond acceptors (Lipinski definition) is 0. The van der Waals surface area contributed by atoms with Crippen LogP contribution in [-0.2, 0) is 25.9 Å². The van der Waals surface area contributed by atoms with E-state index in [-0.39, 0.29) is 19.5 Å². The zero-order valence-electron chi connectivity index (χ0n) is 10.1. The topological polar surface area (TPSA) is 0 Å². The molecule has 0 saturated heterocycles. The zero-order valence-corrected chi connectivity index (χ0v) is 11.9. The minimum Gasteiger partial charge on any atom is -0.214 e. The SMILES string of the molecule is [Ru+2].c1cc[cH-]c1.c1ccc(C[c-]2cccc2)cc1. The second kappa shape index (κ2) is 8.61. The van der Waals surface area contributed by atoms with E-state index in [1.165, 1.54) is 11.1 Å². The van der Waals surface area contributed by atoms with Gasteiger partial charge >= 0.3 is 19.5 Å². The van der Waals surface area contributed by atoms with Crippen LogP contribution in [0.3, 0.4) is 0 Å². The molecule has 0 spiro atoms. The molecule has 0 bridgehead atoms. The van der Waals surface area contributed by atoms with Gasteiger partial charge in [-0.2, -0.15) is 35.9 Å². The van der Waals surface area contributed by atoms with Crippen molar-refractivity contribution in [2.24, 2.45) is 0 Å². The van der Waals surface area contributed by atoms with Crippen molar-refractivity contribution in [3.63, 3.8) is 0 Å². The van der Waals surface area contributed by atoms with E-state index in [1.807, 2.05) is 30.3 Å². The van der Waals surface area contributed by atoms with Crippen molar-refractivity contribution in [1.82, 2.24) is 0 Å². The van der Waals surface area contributed by atoms with Crippen LogP contribution in [0.25, 0.3) is 0 Å². The molecule has 1 heteroatoms. The van der Waals surface area contributed by atoms with Gasteiger partial charge in [-0.25, -0.2) is 24.3 Å². The van der Waals surface area contributed by atoms with E-state index >= 15 is 0 Å². The first-order valence-corrected chi connectivity index (χ1v) is 5.86. The third kappa shape index (κ3) is 5.25. The van der Waals surface area contributed by atoms with Crippen molar-refractivity contribution in [3.05, 3.63) is 96.1 Å². The van der Waals surface area contributed by atoms with Gasteiger partial charge in [0.2, 0.25) is 0 Å². The van der Waals surface area contributed by atoms with Crippen LogP contribution in [0.5, 0.6) is 0 Å². The molecule has 18 heavy (non-hydrogen) atoms. The molecule has 0 N–H and O–H groups in total. The Bertz CT molecular complexity index is 460.